The molecule has 0 amide bonds. The Kier molecular flexibility index (Phi) is 4.52. The molecule has 1 N–H and O–H groups in total. The second-order valence-electron chi connectivity index (χ2n) is 4.73. The second-order valence-corrected chi connectivity index (χ2v) is 5.07. The summed E-state index contributed by atoms with van der Waals surface area (Å²) in [7, 11) is 1.59. The van der Waals surface area contributed by atoms with Crippen molar-refractivity contribution in [3.63, 3.8) is 0 Å². The lowest BCUT2D eigenvalue weighted by Crippen LogP contribution is -2.03. The van der Waals surface area contributed by atoms with Gasteiger partial charge in [-0.3, -0.25) is 0 Å². The van der Waals surface area contributed by atoms with Gasteiger partial charge in [-0.1, -0.05) is 0 Å². The van der Waals surface area contributed by atoms with Gasteiger partial charge in [-0.2, -0.15) is 0 Å². The first-order valence-corrected chi connectivity index (χ1v) is 7.53. The maximum atomic E-state index is 6.03. The van der Waals surface area contributed by atoms with Gasteiger partial charge in [0, 0.05) is 11.5 Å². The number of hydrogen-bond acceptors (Lipinski definition) is 6. The molecule has 1 aromatic carbocycles. The van der Waals surface area contributed by atoms with E-state index in [1.54, 1.807) is 19.4 Å². The number of aromatic nitrogens is 2. The molecule has 0 spiro atoms. The standard InChI is InChI=1S/C16H16ClN3O3/c1-3-22-14-8-12-11(7-13(14)21-2)15(20-16(17)19-12)18-9-10-5-4-6-23-10/h4-8H,3,9H2,1-2H3,(H,18,19,20). The normalized spacial score (nSPS) is 10.7. The zero-order chi connectivity index (χ0) is 16.2. The van der Waals surface area contributed by atoms with Crippen LogP contribution in [0.1, 0.15) is 12.7 Å². The number of nitrogens with one attached hydrogen (secondary N) is 1. The summed E-state index contributed by atoms with van der Waals surface area (Å²) in [5.41, 5.74) is 0.677. The molecule has 2 aromatic heterocycles. The van der Waals surface area contributed by atoms with Crippen molar-refractivity contribution in [2.24, 2.45) is 0 Å². The van der Waals surface area contributed by atoms with Crippen LogP contribution in [0.4, 0.5) is 5.82 Å². The average Bonchev–Trinajstić information content (AvgIpc) is 3.05. The molecule has 0 saturated carbocycles. The number of hydrogen-bond donors (Lipinski definition) is 1. The van der Waals surface area contributed by atoms with Crippen molar-refractivity contribution in [1.82, 2.24) is 9.97 Å². The Morgan fingerprint density at radius 3 is 2.83 bits per heavy atom. The highest BCUT2D eigenvalue weighted by molar-refractivity contribution is 6.28. The summed E-state index contributed by atoms with van der Waals surface area (Å²) in [6, 6.07) is 7.34. The lowest BCUT2D eigenvalue weighted by Gasteiger charge is -2.13. The third-order valence-electron chi connectivity index (χ3n) is 3.26. The van der Waals surface area contributed by atoms with Gasteiger partial charge in [0.15, 0.2) is 11.5 Å². The van der Waals surface area contributed by atoms with E-state index in [1.807, 2.05) is 25.1 Å². The summed E-state index contributed by atoms with van der Waals surface area (Å²) in [6.07, 6.45) is 1.62. The van der Waals surface area contributed by atoms with Gasteiger partial charge < -0.3 is 19.2 Å². The minimum atomic E-state index is 0.159. The van der Waals surface area contributed by atoms with Gasteiger partial charge in [-0.05, 0) is 36.7 Å². The van der Waals surface area contributed by atoms with Gasteiger partial charge in [-0.25, -0.2) is 9.97 Å². The summed E-state index contributed by atoms with van der Waals surface area (Å²) in [5.74, 6) is 2.64. The smallest absolute Gasteiger partial charge is 0.224 e. The van der Waals surface area contributed by atoms with Gasteiger partial charge in [0.25, 0.3) is 0 Å². The molecule has 0 bridgehead atoms. The zero-order valence-electron chi connectivity index (χ0n) is 12.8. The summed E-state index contributed by atoms with van der Waals surface area (Å²) in [4.78, 5) is 8.51. The highest BCUT2D eigenvalue weighted by atomic mass is 35.5. The maximum Gasteiger partial charge on any atom is 0.224 e. The molecule has 7 heteroatoms. The number of fused-ring (bicyclic) bond motifs is 1. The molecule has 0 atom stereocenters. The van der Waals surface area contributed by atoms with Crippen molar-refractivity contribution < 1.29 is 13.9 Å². The maximum absolute atomic E-state index is 6.03. The van der Waals surface area contributed by atoms with Crippen LogP contribution < -0.4 is 14.8 Å². The lowest BCUT2D eigenvalue weighted by molar-refractivity contribution is 0.311. The quantitative estimate of drug-likeness (QED) is 0.690. The van der Waals surface area contributed by atoms with Crippen LogP contribution in [0, 0.1) is 0 Å². The molecule has 0 radical (unpaired) electrons. The van der Waals surface area contributed by atoms with Gasteiger partial charge >= 0.3 is 0 Å². The first kappa shape index (κ1) is 15.4. The molecule has 3 rings (SSSR count). The van der Waals surface area contributed by atoms with E-state index in [1.165, 1.54) is 0 Å². The number of rotatable bonds is 6. The van der Waals surface area contributed by atoms with Crippen molar-refractivity contribution in [2.75, 3.05) is 19.0 Å². The van der Waals surface area contributed by atoms with Crippen LogP contribution >= 0.6 is 11.6 Å². The molecule has 0 saturated heterocycles. The SMILES string of the molecule is CCOc1cc2nc(Cl)nc(NCc3ccco3)c2cc1OC. The molecule has 0 aliphatic rings. The molecule has 120 valence electrons. The Balaban J connectivity index is 2.02. The van der Waals surface area contributed by atoms with Crippen LogP contribution in [0.5, 0.6) is 11.5 Å². The lowest BCUT2D eigenvalue weighted by atomic mass is 10.2. The molecule has 2 heterocycles. The fraction of sp³-hybridized carbons (Fsp3) is 0.250. The van der Waals surface area contributed by atoms with Gasteiger partial charge in [0.05, 0.1) is 32.0 Å². The second kappa shape index (κ2) is 6.75. The van der Waals surface area contributed by atoms with Crippen molar-refractivity contribution in [3.05, 3.63) is 41.6 Å². The number of nitrogens with zero attached hydrogens (tertiary/aromatic N) is 2. The van der Waals surface area contributed by atoms with Gasteiger partial charge in [-0.15, -0.1) is 0 Å². The first-order chi connectivity index (χ1) is 11.2. The summed E-state index contributed by atoms with van der Waals surface area (Å²) >= 11 is 6.03. The highest BCUT2D eigenvalue weighted by Crippen LogP contribution is 2.34. The number of halogens is 1. The van der Waals surface area contributed by atoms with E-state index in [0.717, 1.165) is 11.1 Å². The first-order valence-electron chi connectivity index (χ1n) is 7.15. The van der Waals surface area contributed by atoms with Crippen molar-refractivity contribution in [1.29, 1.82) is 0 Å². The zero-order valence-corrected chi connectivity index (χ0v) is 13.6. The predicted octanol–water partition coefficient (Wildman–Crippen LogP) is 3.90. The van der Waals surface area contributed by atoms with E-state index >= 15 is 0 Å². The fourth-order valence-corrected chi connectivity index (χ4v) is 2.43. The molecule has 0 unspecified atom stereocenters. The summed E-state index contributed by atoms with van der Waals surface area (Å²) in [5, 5.41) is 4.16. The average molecular weight is 334 g/mol. The summed E-state index contributed by atoms with van der Waals surface area (Å²) < 4.78 is 16.3. The van der Waals surface area contributed by atoms with Crippen LogP contribution in [0.25, 0.3) is 10.9 Å². The van der Waals surface area contributed by atoms with E-state index in [-0.39, 0.29) is 5.28 Å². The molecule has 0 aliphatic heterocycles. The molecule has 6 nitrogen and oxygen atoms in total. The van der Waals surface area contributed by atoms with Gasteiger partial charge in [0.1, 0.15) is 11.6 Å². The number of benzene rings is 1. The van der Waals surface area contributed by atoms with E-state index in [9.17, 15) is 0 Å². The van der Waals surface area contributed by atoms with Crippen molar-refractivity contribution >= 4 is 28.3 Å². The largest absolute Gasteiger partial charge is 0.493 e. The monoisotopic (exact) mass is 333 g/mol. The molecule has 0 aliphatic carbocycles. The van der Waals surface area contributed by atoms with Crippen LogP contribution in [0.15, 0.2) is 34.9 Å². The minimum Gasteiger partial charge on any atom is -0.493 e. The Hall–Kier alpha value is -2.47. The fourth-order valence-electron chi connectivity index (χ4n) is 2.25. The number of furan rings is 1. The van der Waals surface area contributed by atoms with E-state index in [2.05, 4.69) is 15.3 Å². The van der Waals surface area contributed by atoms with Crippen LogP contribution in [0.2, 0.25) is 5.28 Å². The molecular formula is C16H16ClN3O3. The van der Waals surface area contributed by atoms with Crippen molar-refractivity contribution in [3.8, 4) is 11.5 Å². The highest BCUT2D eigenvalue weighted by Gasteiger charge is 2.13. The molecule has 0 fully saturated rings. The molecule has 23 heavy (non-hydrogen) atoms. The van der Waals surface area contributed by atoms with Crippen LogP contribution in [0.3, 0.4) is 0 Å². The molecule has 3 aromatic rings. The Morgan fingerprint density at radius 1 is 1.26 bits per heavy atom. The summed E-state index contributed by atoms with van der Waals surface area (Å²) in [6.45, 7) is 2.93. The van der Waals surface area contributed by atoms with E-state index < -0.39 is 0 Å². The Bertz CT molecular complexity index is 806. The van der Waals surface area contributed by atoms with Gasteiger partial charge in [0.2, 0.25) is 5.28 Å². The van der Waals surface area contributed by atoms with Crippen LogP contribution in [-0.4, -0.2) is 23.7 Å². The third kappa shape index (κ3) is 3.32. The van der Waals surface area contributed by atoms with E-state index in [4.69, 9.17) is 25.5 Å². The van der Waals surface area contributed by atoms with E-state index in [0.29, 0.717) is 36.0 Å². The molecular weight excluding hydrogens is 318 g/mol. The Labute approximate surface area is 138 Å². The minimum absolute atomic E-state index is 0.159. The topological polar surface area (TPSA) is 69.4 Å². The number of ether oxygens (including phenoxy) is 2. The Morgan fingerprint density at radius 2 is 2.13 bits per heavy atom. The predicted molar refractivity (Wildman–Crippen MR) is 88.3 cm³/mol. The number of methoxy groups -OCH3 is 1. The number of anilines is 1. The third-order valence-corrected chi connectivity index (χ3v) is 3.43. The van der Waals surface area contributed by atoms with Crippen LogP contribution in [-0.2, 0) is 6.54 Å². The van der Waals surface area contributed by atoms with Crippen molar-refractivity contribution in [2.45, 2.75) is 13.5 Å².